The van der Waals surface area contributed by atoms with Crippen LogP contribution in [0.3, 0.4) is 0 Å². The summed E-state index contributed by atoms with van der Waals surface area (Å²) in [5.41, 5.74) is 2.85. The second-order valence-corrected chi connectivity index (χ2v) is 8.61. The third-order valence-corrected chi connectivity index (χ3v) is 6.23. The first kappa shape index (κ1) is 23.5. The van der Waals surface area contributed by atoms with Crippen LogP contribution in [0.2, 0.25) is 5.02 Å². The van der Waals surface area contributed by atoms with Crippen molar-refractivity contribution in [2.24, 2.45) is 0 Å². The average Bonchev–Trinajstić information content (AvgIpc) is 3.25. The molecule has 1 amide bonds. The molecule has 9 heteroatoms. The number of carbonyl (C=O) groups is 2. The number of ether oxygens (including phenoxy) is 1. The number of hydrogen-bond acceptors (Lipinski definition) is 6. The van der Waals surface area contributed by atoms with Crippen LogP contribution in [0.15, 0.2) is 84.0 Å². The van der Waals surface area contributed by atoms with E-state index in [1.165, 1.54) is 18.9 Å². The highest BCUT2D eigenvalue weighted by atomic mass is 35.5. The Hall–Kier alpha value is -3.62. The molecule has 172 valence electrons. The number of amides is 1. The average molecular weight is 493 g/mol. The number of anilines is 1. The number of carbonyl (C=O) groups excluding carboxylic acids is 2. The standard InChI is InChI=1S/C25H21ClN4O3S/c1-33-24(32)18-11-13-19(14-12-18)27-22(31)16-34-25-29-28-23(20-9-5-6-10-21(20)26)30(25)15-17-7-3-2-4-8-17/h2-14H,15-16H2,1H3,(H,27,31). The molecule has 1 N–H and O–H groups in total. The van der Waals surface area contributed by atoms with Crippen LogP contribution in [0.25, 0.3) is 11.4 Å². The van der Waals surface area contributed by atoms with E-state index in [9.17, 15) is 9.59 Å². The van der Waals surface area contributed by atoms with Gasteiger partial charge in [-0.05, 0) is 42.0 Å². The number of nitrogens with one attached hydrogen (secondary N) is 1. The molecule has 0 spiro atoms. The number of nitrogens with zero attached hydrogens (tertiary/aromatic N) is 3. The highest BCUT2D eigenvalue weighted by molar-refractivity contribution is 7.99. The summed E-state index contributed by atoms with van der Waals surface area (Å²) in [7, 11) is 1.32. The summed E-state index contributed by atoms with van der Waals surface area (Å²) in [6.07, 6.45) is 0. The minimum atomic E-state index is -0.430. The van der Waals surface area contributed by atoms with E-state index in [-0.39, 0.29) is 11.7 Å². The maximum absolute atomic E-state index is 12.6. The number of rotatable bonds is 8. The van der Waals surface area contributed by atoms with Gasteiger partial charge in [-0.3, -0.25) is 9.36 Å². The van der Waals surface area contributed by atoms with Crippen LogP contribution in [0.5, 0.6) is 0 Å². The lowest BCUT2D eigenvalue weighted by molar-refractivity contribution is -0.113. The summed E-state index contributed by atoms with van der Waals surface area (Å²) in [6, 6.07) is 23.9. The molecule has 0 saturated heterocycles. The van der Waals surface area contributed by atoms with Crippen molar-refractivity contribution >= 4 is 40.9 Å². The molecule has 0 saturated carbocycles. The van der Waals surface area contributed by atoms with Crippen LogP contribution in [-0.2, 0) is 16.1 Å². The van der Waals surface area contributed by atoms with Crippen molar-refractivity contribution in [1.82, 2.24) is 14.8 Å². The Labute approximate surface area is 206 Å². The molecule has 1 aromatic heterocycles. The number of thioether (sulfide) groups is 1. The fourth-order valence-electron chi connectivity index (χ4n) is 3.28. The van der Waals surface area contributed by atoms with E-state index in [0.717, 1.165) is 11.1 Å². The molecule has 4 rings (SSSR count). The minimum absolute atomic E-state index is 0.133. The van der Waals surface area contributed by atoms with Crippen LogP contribution in [0.1, 0.15) is 15.9 Å². The van der Waals surface area contributed by atoms with Crippen LogP contribution < -0.4 is 5.32 Å². The Morgan fingerprint density at radius 1 is 0.971 bits per heavy atom. The predicted octanol–water partition coefficient (Wildman–Crippen LogP) is 5.16. The van der Waals surface area contributed by atoms with Crippen LogP contribution in [-0.4, -0.2) is 39.5 Å². The number of hydrogen-bond donors (Lipinski definition) is 1. The smallest absolute Gasteiger partial charge is 0.337 e. The molecule has 34 heavy (non-hydrogen) atoms. The van der Waals surface area contributed by atoms with Gasteiger partial charge in [0.15, 0.2) is 11.0 Å². The predicted molar refractivity (Wildman–Crippen MR) is 133 cm³/mol. The van der Waals surface area contributed by atoms with E-state index in [1.807, 2.05) is 59.2 Å². The normalized spacial score (nSPS) is 10.6. The monoisotopic (exact) mass is 492 g/mol. The number of methoxy groups -OCH3 is 1. The first-order valence-electron chi connectivity index (χ1n) is 10.4. The minimum Gasteiger partial charge on any atom is -0.465 e. The molecule has 0 atom stereocenters. The van der Waals surface area contributed by atoms with Crippen molar-refractivity contribution in [1.29, 1.82) is 0 Å². The second-order valence-electron chi connectivity index (χ2n) is 7.26. The molecule has 1 heterocycles. The Kier molecular flexibility index (Phi) is 7.61. The molecule has 0 unspecified atom stereocenters. The maximum atomic E-state index is 12.6. The van der Waals surface area contributed by atoms with Gasteiger partial charge < -0.3 is 10.1 Å². The van der Waals surface area contributed by atoms with Gasteiger partial charge in [0, 0.05) is 11.3 Å². The summed E-state index contributed by atoms with van der Waals surface area (Å²) in [5.74, 6) is 0.134. The van der Waals surface area contributed by atoms with Gasteiger partial charge in [-0.1, -0.05) is 65.8 Å². The second kappa shape index (κ2) is 11.0. The molecule has 0 fully saturated rings. The summed E-state index contributed by atoms with van der Waals surface area (Å²) in [4.78, 5) is 24.1. The van der Waals surface area contributed by atoms with Gasteiger partial charge in [-0.15, -0.1) is 10.2 Å². The quantitative estimate of drug-likeness (QED) is 0.270. The molecule has 3 aromatic carbocycles. The van der Waals surface area contributed by atoms with Gasteiger partial charge in [-0.2, -0.15) is 0 Å². The molecule has 0 aliphatic heterocycles. The van der Waals surface area contributed by atoms with Crippen molar-refractivity contribution in [3.05, 3.63) is 95.0 Å². The largest absolute Gasteiger partial charge is 0.465 e. The molecular weight excluding hydrogens is 472 g/mol. The van der Waals surface area contributed by atoms with Gasteiger partial charge in [0.05, 0.1) is 30.0 Å². The Bertz CT molecular complexity index is 1290. The van der Waals surface area contributed by atoms with E-state index in [4.69, 9.17) is 11.6 Å². The molecular formula is C25H21ClN4O3S. The zero-order chi connectivity index (χ0) is 23.9. The lowest BCUT2D eigenvalue weighted by atomic mass is 10.2. The summed E-state index contributed by atoms with van der Waals surface area (Å²) in [6.45, 7) is 0.535. The maximum Gasteiger partial charge on any atom is 0.337 e. The Morgan fingerprint density at radius 3 is 2.38 bits per heavy atom. The Balaban J connectivity index is 1.50. The molecule has 0 radical (unpaired) electrons. The van der Waals surface area contributed by atoms with Gasteiger partial charge in [0.1, 0.15) is 0 Å². The molecule has 7 nitrogen and oxygen atoms in total. The van der Waals surface area contributed by atoms with Crippen molar-refractivity contribution in [3.63, 3.8) is 0 Å². The molecule has 0 aliphatic carbocycles. The van der Waals surface area contributed by atoms with Crippen LogP contribution >= 0.6 is 23.4 Å². The van der Waals surface area contributed by atoms with Gasteiger partial charge >= 0.3 is 5.97 Å². The topological polar surface area (TPSA) is 86.1 Å². The van der Waals surface area contributed by atoms with E-state index in [2.05, 4.69) is 20.3 Å². The first-order chi connectivity index (χ1) is 16.5. The zero-order valence-electron chi connectivity index (χ0n) is 18.3. The Morgan fingerprint density at radius 2 is 1.68 bits per heavy atom. The fraction of sp³-hybridized carbons (Fsp3) is 0.120. The number of esters is 1. The third-order valence-electron chi connectivity index (χ3n) is 4.94. The SMILES string of the molecule is COC(=O)c1ccc(NC(=O)CSc2nnc(-c3ccccc3Cl)n2Cc2ccccc2)cc1. The lowest BCUT2D eigenvalue weighted by Crippen LogP contribution is -2.15. The number of aromatic nitrogens is 3. The van der Waals surface area contributed by atoms with Crippen molar-refractivity contribution < 1.29 is 14.3 Å². The molecule has 4 aromatic rings. The van der Waals surface area contributed by atoms with E-state index in [1.54, 1.807) is 24.3 Å². The lowest BCUT2D eigenvalue weighted by Gasteiger charge is -2.11. The number of benzene rings is 3. The fourth-order valence-corrected chi connectivity index (χ4v) is 4.24. The van der Waals surface area contributed by atoms with Crippen molar-refractivity contribution in [2.75, 3.05) is 18.2 Å². The highest BCUT2D eigenvalue weighted by Crippen LogP contribution is 2.30. The van der Waals surface area contributed by atoms with E-state index in [0.29, 0.717) is 33.8 Å². The van der Waals surface area contributed by atoms with Gasteiger partial charge in [0.2, 0.25) is 5.91 Å². The summed E-state index contributed by atoms with van der Waals surface area (Å²) < 4.78 is 6.64. The number of halogens is 1. The summed E-state index contributed by atoms with van der Waals surface area (Å²) in [5, 5.41) is 12.7. The first-order valence-corrected chi connectivity index (χ1v) is 11.7. The molecule has 0 aliphatic rings. The van der Waals surface area contributed by atoms with Crippen LogP contribution in [0, 0.1) is 0 Å². The molecule has 0 bridgehead atoms. The summed E-state index contributed by atoms with van der Waals surface area (Å²) >= 11 is 7.71. The van der Waals surface area contributed by atoms with E-state index < -0.39 is 5.97 Å². The van der Waals surface area contributed by atoms with Crippen molar-refractivity contribution in [2.45, 2.75) is 11.7 Å². The van der Waals surface area contributed by atoms with Crippen LogP contribution in [0.4, 0.5) is 5.69 Å². The van der Waals surface area contributed by atoms with Crippen molar-refractivity contribution in [3.8, 4) is 11.4 Å². The third kappa shape index (κ3) is 5.65. The van der Waals surface area contributed by atoms with E-state index >= 15 is 0 Å². The van der Waals surface area contributed by atoms with Gasteiger partial charge in [0.25, 0.3) is 0 Å². The van der Waals surface area contributed by atoms with Gasteiger partial charge in [-0.25, -0.2) is 4.79 Å². The zero-order valence-corrected chi connectivity index (χ0v) is 19.8. The highest BCUT2D eigenvalue weighted by Gasteiger charge is 2.18.